The summed E-state index contributed by atoms with van der Waals surface area (Å²) in [6, 6.07) is 20.5. The Morgan fingerprint density at radius 3 is 2.41 bits per heavy atom. The number of carbonyl (C=O) groups is 1. The molecule has 1 aromatic heterocycles. The summed E-state index contributed by atoms with van der Waals surface area (Å²) < 4.78 is 2.38. The number of nitrogens with two attached hydrogens (primary N) is 1. The summed E-state index contributed by atoms with van der Waals surface area (Å²) >= 11 is 0. The van der Waals surface area contributed by atoms with E-state index in [1.54, 1.807) is 0 Å². The molecule has 2 atom stereocenters. The number of nitrogens with zero attached hydrogens (tertiary/aromatic N) is 2. The molecule has 2 fully saturated rings. The third-order valence-corrected chi connectivity index (χ3v) is 6.47. The number of carbonyl (C=O) groups excluding carboxylic acids is 1. The maximum atomic E-state index is 11.6. The van der Waals surface area contributed by atoms with Crippen molar-refractivity contribution in [2.75, 3.05) is 0 Å². The molecule has 2 bridgehead atoms. The molecule has 1 amide bonds. The van der Waals surface area contributed by atoms with Crippen LogP contribution < -0.4 is 5.73 Å². The van der Waals surface area contributed by atoms with Crippen molar-refractivity contribution in [3.63, 3.8) is 0 Å². The van der Waals surface area contributed by atoms with Gasteiger partial charge < -0.3 is 10.3 Å². The second kappa shape index (κ2) is 6.54. The average Bonchev–Trinajstić information content (AvgIpc) is 3.19. The Morgan fingerprint density at radius 2 is 1.70 bits per heavy atom. The number of hydrogen-bond acceptors (Lipinski definition) is 2. The van der Waals surface area contributed by atoms with Gasteiger partial charge in [0.15, 0.2) is 0 Å². The first-order chi connectivity index (χ1) is 13.2. The van der Waals surface area contributed by atoms with Crippen LogP contribution in [-0.2, 0) is 6.54 Å². The minimum atomic E-state index is -0.359. The molecule has 0 radical (unpaired) electrons. The first-order valence-electron chi connectivity index (χ1n) is 9.89. The summed E-state index contributed by atoms with van der Waals surface area (Å²) in [6.07, 6.45) is 7.12. The minimum absolute atomic E-state index is 0.359. The van der Waals surface area contributed by atoms with Crippen LogP contribution in [0.2, 0.25) is 0 Å². The fourth-order valence-electron chi connectivity index (χ4n) is 5.15. The highest BCUT2D eigenvalue weighted by Gasteiger charge is 2.41. The van der Waals surface area contributed by atoms with Gasteiger partial charge in [-0.2, -0.15) is 0 Å². The van der Waals surface area contributed by atoms with Crippen LogP contribution in [-0.4, -0.2) is 27.5 Å². The van der Waals surface area contributed by atoms with E-state index in [1.807, 2.05) is 18.2 Å². The van der Waals surface area contributed by atoms with Crippen LogP contribution in [0.15, 0.2) is 60.8 Å². The van der Waals surface area contributed by atoms with E-state index in [0.717, 1.165) is 12.1 Å². The van der Waals surface area contributed by atoms with Gasteiger partial charge in [0.05, 0.1) is 0 Å². The van der Waals surface area contributed by atoms with Crippen LogP contribution in [0, 0.1) is 0 Å². The normalized spacial score (nSPS) is 25.1. The second-order valence-electron chi connectivity index (χ2n) is 8.03. The zero-order valence-electron chi connectivity index (χ0n) is 15.4. The van der Waals surface area contributed by atoms with Gasteiger partial charge in [0.25, 0.3) is 0 Å². The molecule has 0 spiro atoms. The van der Waals surface area contributed by atoms with Crippen molar-refractivity contribution in [2.24, 2.45) is 5.73 Å². The van der Waals surface area contributed by atoms with Crippen LogP contribution >= 0.6 is 0 Å². The van der Waals surface area contributed by atoms with Crippen molar-refractivity contribution < 1.29 is 4.79 Å². The highest BCUT2D eigenvalue weighted by atomic mass is 16.1. The van der Waals surface area contributed by atoms with Gasteiger partial charge in [-0.15, -0.1) is 0 Å². The molecule has 4 nitrogen and oxygen atoms in total. The molecule has 0 aliphatic carbocycles. The molecule has 3 aromatic rings. The third kappa shape index (κ3) is 2.94. The molecule has 2 N–H and O–H groups in total. The Morgan fingerprint density at radius 1 is 0.963 bits per heavy atom. The molecule has 2 aliphatic rings. The quantitative estimate of drug-likeness (QED) is 0.762. The van der Waals surface area contributed by atoms with Gasteiger partial charge in [-0.1, -0.05) is 36.4 Å². The van der Waals surface area contributed by atoms with Crippen LogP contribution in [0.3, 0.4) is 0 Å². The number of primary amides is 1. The summed E-state index contributed by atoms with van der Waals surface area (Å²) in [5.74, 6) is -0.359. The Balaban J connectivity index is 1.40. The zero-order chi connectivity index (χ0) is 18.4. The molecule has 2 unspecified atom stereocenters. The minimum Gasteiger partial charge on any atom is -0.366 e. The molecule has 4 heteroatoms. The lowest BCUT2D eigenvalue weighted by Gasteiger charge is -2.39. The first kappa shape index (κ1) is 16.6. The number of rotatable bonds is 4. The lowest BCUT2D eigenvalue weighted by Crippen LogP contribution is -2.42. The number of amides is 1. The smallest absolute Gasteiger partial charge is 0.248 e. The van der Waals surface area contributed by atoms with Crippen LogP contribution in [0.5, 0.6) is 0 Å². The van der Waals surface area contributed by atoms with E-state index < -0.39 is 0 Å². The summed E-state index contributed by atoms with van der Waals surface area (Å²) in [5.41, 5.74) is 8.62. The molecule has 2 aliphatic heterocycles. The zero-order valence-corrected chi connectivity index (χ0v) is 15.4. The maximum absolute atomic E-state index is 11.6. The Hall–Kier alpha value is -2.59. The Bertz CT molecular complexity index is 964. The van der Waals surface area contributed by atoms with Crippen molar-refractivity contribution in [1.29, 1.82) is 0 Å². The molecule has 0 saturated carbocycles. The lowest BCUT2D eigenvalue weighted by atomic mass is 9.96. The largest absolute Gasteiger partial charge is 0.366 e. The molecule has 2 aromatic carbocycles. The summed E-state index contributed by atoms with van der Waals surface area (Å²) in [4.78, 5) is 14.3. The summed E-state index contributed by atoms with van der Waals surface area (Å²) in [7, 11) is 0. The molecule has 3 heterocycles. The SMILES string of the molecule is NC(=O)c1ccc2ccn(C3CC4CCC(C3)N4Cc3ccccc3)c2c1. The third-order valence-electron chi connectivity index (χ3n) is 6.47. The molecule has 5 rings (SSSR count). The van der Waals surface area contributed by atoms with Gasteiger partial charge in [-0.05, 0) is 54.8 Å². The van der Waals surface area contributed by atoms with E-state index in [4.69, 9.17) is 5.73 Å². The van der Waals surface area contributed by atoms with Crippen molar-refractivity contribution >= 4 is 16.8 Å². The summed E-state index contributed by atoms with van der Waals surface area (Å²) in [6.45, 7) is 1.06. The molecular formula is C23H25N3O. The van der Waals surface area contributed by atoms with E-state index in [9.17, 15) is 4.79 Å². The topological polar surface area (TPSA) is 51.3 Å². The number of fused-ring (bicyclic) bond motifs is 3. The first-order valence-corrected chi connectivity index (χ1v) is 9.89. The van der Waals surface area contributed by atoms with Gasteiger partial charge in [-0.3, -0.25) is 9.69 Å². The number of piperidine rings is 1. The van der Waals surface area contributed by atoms with Gasteiger partial charge in [0.2, 0.25) is 5.91 Å². The van der Waals surface area contributed by atoms with E-state index in [2.05, 4.69) is 52.1 Å². The van der Waals surface area contributed by atoms with E-state index in [1.165, 1.54) is 36.6 Å². The van der Waals surface area contributed by atoms with Gasteiger partial charge in [0, 0.05) is 41.9 Å². The predicted octanol–water partition coefficient (Wildman–Crippen LogP) is 4.11. The van der Waals surface area contributed by atoms with Gasteiger partial charge >= 0.3 is 0 Å². The summed E-state index contributed by atoms with van der Waals surface area (Å²) in [5, 5.41) is 1.18. The van der Waals surface area contributed by atoms with Crippen molar-refractivity contribution in [1.82, 2.24) is 9.47 Å². The molecule has 2 saturated heterocycles. The number of benzene rings is 2. The van der Waals surface area contributed by atoms with Crippen LogP contribution in [0.25, 0.3) is 10.9 Å². The monoisotopic (exact) mass is 359 g/mol. The standard InChI is InChI=1S/C23H25N3O/c24-23(27)18-7-6-17-10-11-25(22(17)12-18)21-13-19-8-9-20(14-21)26(19)15-16-4-2-1-3-5-16/h1-7,10-12,19-21H,8-9,13-15H2,(H2,24,27). The highest BCUT2D eigenvalue weighted by molar-refractivity contribution is 5.97. The van der Waals surface area contributed by atoms with Crippen LogP contribution in [0.1, 0.15) is 47.6 Å². The van der Waals surface area contributed by atoms with E-state index >= 15 is 0 Å². The van der Waals surface area contributed by atoms with E-state index in [-0.39, 0.29) is 5.91 Å². The van der Waals surface area contributed by atoms with Gasteiger partial charge in [-0.25, -0.2) is 0 Å². The Labute approximate surface area is 159 Å². The number of hydrogen-bond donors (Lipinski definition) is 1. The predicted molar refractivity (Wildman–Crippen MR) is 108 cm³/mol. The molecular weight excluding hydrogens is 334 g/mol. The second-order valence-corrected chi connectivity index (χ2v) is 8.03. The fraction of sp³-hybridized carbons (Fsp3) is 0.348. The number of aromatic nitrogens is 1. The van der Waals surface area contributed by atoms with Crippen molar-refractivity contribution in [2.45, 2.75) is 50.4 Å². The Kier molecular flexibility index (Phi) is 4.01. The maximum Gasteiger partial charge on any atom is 0.248 e. The van der Waals surface area contributed by atoms with Crippen molar-refractivity contribution in [3.8, 4) is 0 Å². The highest BCUT2D eigenvalue weighted by Crippen LogP contribution is 2.42. The molecule has 27 heavy (non-hydrogen) atoms. The lowest BCUT2D eigenvalue weighted by molar-refractivity contribution is 0.0997. The van der Waals surface area contributed by atoms with E-state index in [0.29, 0.717) is 23.7 Å². The van der Waals surface area contributed by atoms with Crippen molar-refractivity contribution in [3.05, 3.63) is 71.9 Å². The van der Waals surface area contributed by atoms with Crippen LogP contribution in [0.4, 0.5) is 0 Å². The average molecular weight is 359 g/mol. The molecule has 138 valence electrons. The van der Waals surface area contributed by atoms with Gasteiger partial charge in [0.1, 0.15) is 0 Å². The fourth-order valence-corrected chi connectivity index (χ4v) is 5.15.